The molecule has 0 saturated heterocycles. The molecule has 0 aliphatic heterocycles. The van der Waals surface area contributed by atoms with Crippen LogP contribution in [-0.4, -0.2) is 24.1 Å². The lowest BCUT2D eigenvalue weighted by Crippen LogP contribution is -2.30. The summed E-state index contributed by atoms with van der Waals surface area (Å²) < 4.78 is 29.5. The van der Waals surface area contributed by atoms with Crippen LogP contribution >= 0.6 is 0 Å². The van der Waals surface area contributed by atoms with Crippen LogP contribution in [0, 0.1) is 0 Å². The molecule has 0 fully saturated rings. The minimum atomic E-state index is -4.19. The van der Waals surface area contributed by atoms with Crippen LogP contribution in [0.3, 0.4) is 0 Å². The van der Waals surface area contributed by atoms with E-state index in [1.165, 1.54) is 0 Å². The van der Waals surface area contributed by atoms with Gasteiger partial charge in [-0.2, -0.15) is 8.42 Å². The van der Waals surface area contributed by atoms with Crippen LogP contribution in [0.15, 0.2) is 0 Å². The fraction of sp³-hybridized carbons (Fsp3) is 0.875. The number of rotatable bonds is 7. The van der Waals surface area contributed by atoms with Gasteiger partial charge < -0.3 is 5.73 Å². The molecule has 1 atom stereocenters. The lowest BCUT2D eigenvalue weighted by molar-refractivity contribution is -0.119. The Morgan fingerprint density at radius 2 is 2.00 bits per heavy atom. The Hall–Kier alpha value is -0.460. The van der Waals surface area contributed by atoms with Crippen LogP contribution in [0.1, 0.15) is 39.0 Å². The molecule has 0 bridgehead atoms. The Bertz CT molecular complexity index is 273. The van der Waals surface area contributed by atoms with Crippen LogP contribution in [0.25, 0.3) is 0 Å². The van der Waals surface area contributed by atoms with Crippen LogP contribution in [0.5, 0.6) is 0 Å². The maximum absolute atomic E-state index is 11.1. The zero-order valence-electron chi connectivity index (χ0n) is 8.27. The molecule has 0 saturated carbocycles. The van der Waals surface area contributed by atoms with Gasteiger partial charge in [-0.3, -0.25) is 9.35 Å². The van der Waals surface area contributed by atoms with Gasteiger partial charge in [-0.05, 0) is 12.8 Å². The first-order valence-electron chi connectivity index (χ1n) is 4.61. The third-order valence-electron chi connectivity index (χ3n) is 1.90. The number of hydrogen-bond acceptors (Lipinski definition) is 4. The number of carbonyl (C=O) groups is 1. The van der Waals surface area contributed by atoms with Gasteiger partial charge in [0.1, 0.15) is 11.2 Å². The van der Waals surface area contributed by atoms with Gasteiger partial charge in [0.25, 0.3) is 10.1 Å². The largest absolute Gasteiger partial charge is 0.313 e. The average molecular weight is 223 g/mol. The first kappa shape index (κ1) is 13.5. The van der Waals surface area contributed by atoms with Crippen molar-refractivity contribution < 1.29 is 17.8 Å². The summed E-state index contributed by atoms with van der Waals surface area (Å²) in [5.41, 5.74) is 5.14. The van der Waals surface area contributed by atoms with Gasteiger partial charge in [0, 0.05) is 12.8 Å². The van der Waals surface area contributed by atoms with Gasteiger partial charge in [-0.15, -0.1) is 0 Å². The van der Waals surface area contributed by atoms with E-state index in [2.05, 4.69) is 0 Å². The first-order chi connectivity index (χ1) is 6.38. The Kier molecular flexibility index (Phi) is 5.90. The van der Waals surface area contributed by atoms with Crippen molar-refractivity contribution in [2.75, 3.05) is 0 Å². The van der Waals surface area contributed by atoms with Crippen LogP contribution in [0.4, 0.5) is 0 Å². The van der Waals surface area contributed by atoms with E-state index in [1.807, 2.05) is 6.92 Å². The maximum Gasteiger partial charge on any atom is 0.280 e. The summed E-state index contributed by atoms with van der Waals surface area (Å²) in [6.07, 6.45) is 2.28. The zero-order valence-corrected chi connectivity index (χ0v) is 9.09. The van der Waals surface area contributed by atoms with E-state index in [-0.39, 0.29) is 18.6 Å². The Balaban J connectivity index is 3.78. The fourth-order valence-electron chi connectivity index (χ4n) is 0.951. The van der Waals surface area contributed by atoms with Crippen molar-refractivity contribution in [3.05, 3.63) is 0 Å². The molecule has 1 unspecified atom stereocenters. The minimum absolute atomic E-state index is 0.00838. The standard InChI is InChI=1S/C8H17NO4S/c1-2-3-4-7(10)5-6-8(9)14(11,12)13/h8H,2-6,9H2,1H3,(H,11,12,13). The lowest BCUT2D eigenvalue weighted by Gasteiger charge is -2.06. The van der Waals surface area contributed by atoms with Crippen molar-refractivity contribution in [3.8, 4) is 0 Å². The van der Waals surface area contributed by atoms with Gasteiger partial charge in [-0.25, -0.2) is 0 Å². The molecule has 0 aliphatic carbocycles. The molecular formula is C8H17NO4S. The molecule has 0 aromatic heterocycles. The summed E-state index contributed by atoms with van der Waals surface area (Å²) in [7, 11) is -4.19. The Labute approximate surface area is 84.4 Å². The molecule has 5 nitrogen and oxygen atoms in total. The molecule has 0 amide bonds. The van der Waals surface area contributed by atoms with E-state index in [4.69, 9.17) is 10.3 Å². The summed E-state index contributed by atoms with van der Waals surface area (Å²) in [5, 5.41) is -1.34. The smallest absolute Gasteiger partial charge is 0.280 e. The van der Waals surface area contributed by atoms with E-state index in [0.29, 0.717) is 6.42 Å². The molecule has 0 radical (unpaired) electrons. The van der Waals surface area contributed by atoms with Crippen LogP contribution < -0.4 is 5.73 Å². The molecule has 0 aliphatic rings. The van der Waals surface area contributed by atoms with E-state index in [9.17, 15) is 13.2 Å². The second kappa shape index (κ2) is 6.10. The molecular weight excluding hydrogens is 206 g/mol. The molecule has 14 heavy (non-hydrogen) atoms. The predicted molar refractivity (Wildman–Crippen MR) is 53.3 cm³/mol. The van der Waals surface area contributed by atoms with Crippen molar-refractivity contribution in [1.29, 1.82) is 0 Å². The molecule has 6 heteroatoms. The minimum Gasteiger partial charge on any atom is -0.313 e. The van der Waals surface area contributed by atoms with E-state index in [1.54, 1.807) is 0 Å². The van der Waals surface area contributed by atoms with Crippen molar-refractivity contribution in [1.82, 2.24) is 0 Å². The third-order valence-corrected chi connectivity index (χ3v) is 2.90. The van der Waals surface area contributed by atoms with Crippen molar-refractivity contribution in [2.24, 2.45) is 5.73 Å². The SMILES string of the molecule is CCCCC(=O)CCC(N)S(=O)(=O)O. The highest BCUT2D eigenvalue weighted by atomic mass is 32.2. The van der Waals surface area contributed by atoms with Gasteiger partial charge >= 0.3 is 0 Å². The molecule has 0 heterocycles. The van der Waals surface area contributed by atoms with Gasteiger partial charge in [-0.1, -0.05) is 13.3 Å². The summed E-state index contributed by atoms with van der Waals surface area (Å²) in [6, 6.07) is 0. The summed E-state index contributed by atoms with van der Waals surface area (Å²) in [5.74, 6) is -0.00838. The number of carbonyl (C=O) groups excluding carboxylic acids is 1. The van der Waals surface area contributed by atoms with E-state index < -0.39 is 15.5 Å². The number of nitrogens with two attached hydrogens (primary N) is 1. The lowest BCUT2D eigenvalue weighted by atomic mass is 10.1. The van der Waals surface area contributed by atoms with Gasteiger partial charge in [0.05, 0.1) is 0 Å². The Morgan fingerprint density at radius 3 is 2.43 bits per heavy atom. The Morgan fingerprint density at radius 1 is 1.43 bits per heavy atom. The highest BCUT2D eigenvalue weighted by molar-refractivity contribution is 7.86. The quantitative estimate of drug-likeness (QED) is 0.619. The molecule has 0 rings (SSSR count). The predicted octanol–water partition coefficient (Wildman–Crippen LogP) is 0.699. The third kappa shape index (κ3) is 6.06. The second-order valence-electron chi connectivity index (χ2n) is 3.23. The molecule has 0 aromatic carbocycles. The second-order valence-corrected chi connectivity index (χ2v) is 4.87. The first-order valence-corrected chi connectivity index (χ1v) is 6.11. The van der Waals surface area contributed by atoms with Crippen molar-refractivity contribution >= 4 is 15.9 Å². The van der Waals surface area contributed by atoms with Crippen LogP contribution in [0.2, 0.25) is 0 Å². The van der Waals surface area contributed by atoms with E-state index in [0.717, 1.165) is 12.8 Å². The highest BCUT2D eigenvalue weighted by Gasteiger charge is 2.18. The molecule has 0 spiro atoms. The average Bonchev–Trinajstić information content (AvgIpc) is 2.09. The fourth-order valence-corrected chi connectivity index (χ4v) is 1.37. The van der Waals surface area contributed by atoms with Gasteiger partial charge in [0.2, 0.25) is 0 Å². The number of hydrogen-bond donors (Lipinski definition) is 2. The molecule has 0 aromatic rings. The van der Waals surface area contributed by atoms with Crippen molar-refractivity contribution in [3.63, 3.8) is 0 Å². The van der Waals surface area contributed by atoms with Crippen molar-refractivity contribution in [2.45, 2.75) is 44.4 Å². The van der Waals surface area contributed by atoms with E-state index >= 15 is 0 Å². The van der Waals surface area contributed by atoms with Gasteiger partial charge in [0.15, 0.2) is 0 Å². The topological polar surface area (TPSA) is 97.5 Å². The highest BCUT2D eigenvalue weighted by Crippen LogP contribution is 2.05. The zero-order chi connectivity index (χ0) is 11.2. The molecule has 84 valence electrons. The number of unbranched alkanes of at least 4 members (excludes halogenated alkanes) is 1. The number of Topliss-reactive ketones (excluding diaryl/α,β-unsaturated/α-hetero) is 1. The van der Waals surface area contributed by atoms with Crippen LogP contribution in [-0.2, 0) is 14.9 Å². The maximum atomic E-state index is 11.1. The molecule has 3 N–H and O–H groups in total. The summed E-state index contributed by atoms with van der Waals surface area (Å²) >= 11 is 0. The monoisotopic (exact) mass is 223 g/mol. The number of ketones is 1. The summed E-state index contributed by atoms with van der Waals surface area (Å²) in [4.78, 5) is 11.1. The summed E-state index contributed by atoms with van der Waals surface area (Å²) in [6.45, 7) is 1.97. The normalized spacial score (nSPS) is 13.9.